The van der Waals surface area contributed by atoms with E-state index in [9.17, 15) is 9.59 Å². The predicted molar refractivity (Wildman–Crippen MR) is 83.4 cm³/mol. The van der Waals surface area contributed by atoms with Gasteiger partial charge in [0, 0.05) is 5.02 Å². The number of benzene rings is 1. The van der Waals surface area contributed by atoms with Crippen LogP contribution < -0.4 is 4.90 Å². The van der Waals surface area contributed by atoms with Crippen LogP contribution in [0.1, 0.15) is 0 Å². The molecule has 6 nitrogen and oxygen atoms in total. The summed E-state index contributed by atoms with van der Waals surface area (Å²) >= 11 is 5.90. The van der Waals surface area contributed by atoms with E-state index in [-0.39, 0.29) is 11.8 Å². The van der Waals surface area contributed by atoms with Gasteiger partial charge in [0.1, 0.15) is 0 Å². The van der Waals surface area contributed by atoms with Gasteiger partial charge < -0.3 is 14.2 Å². The van der Waals surface area contributed by atoms with E-state index >= 15 is 0 Å². The number of anilines is 1. The molecular weight excluding hydrogens is 334 g/mol. The standard InChI is InChI=1S/C17H14ClNO5/c18-9-1-3-10(4-2-9)19-14(20)12-11-5-6-17(24-11,13(12)15(19)21)16-22-7-8-23-16/h1-6,11-13,16H,7-8H2/t11-,12-,13+,17-/m1/s1. The van der Waals surface area contributed by atoms with Crippen LogP contribution in [0.2, 0.25) is 5.02 Å². The second-order valence-corrected chi connectivity index (χ2v) is 6.80. The molecule has 4 atom stereocenters. The van der Waals surface area contributed by atoms with Gasteiger partial charge in [-0.25, -0.2) is 4.90 Å². The van der Waals surface area contributed by atoms with Crippen molar-refractivity contribution in [2.24, 2.45) is 11.8 Å². The summed E-state index contributed by atoms with van der Waals surface area (Å²) in [7, 11) is 0. The molecule has 1 aromatic carbocycles. The van der Waals surface area contributed by atoms with Crippen LogP contribution in [0, 0.1) is 11.8 Å². The SMILES string of the molecule is O=C1[C@H]2[C@@H](C(=O)N1c1ccc(Cl)cc1)[C@@]1(C3OCCO3)C=C[C@H]2O1. The average molecular weight is 348 g/mol. The first-order chi connectivity index (χ1) is 11.6. The number of ether oxygens (including phenoxy) is 3. The molecule has 0 radical (unpaired) electrons. The molecule has 2 amide bonds. The molecule has 0 unspecified atom stereocenters. The molecule has 4 aliphatic rings. The van der Waals surface area contributed by atoms with Crippen LogP contribution >= 0.6 is 11.6 Å². The predicted octanol–water partition coefficient (Wildman–Crippen LogP) is 1.53. The van der Waals surface area contributed by atoms with Crippen molar-refractivity contribution >= 4 is 29.1 Å². The number of hydrogen-bond acceptors (Lipinski definition) is 5. The molecule has 3 fully saturated rings. The number of amides is 2. The van der Waals surface area contributed by atoms with Gasteiger partial charge in [0.15, 0.2) is 11.9 Å². The molecule has 0 saturated carbocycles. The lowest BCUT2D eigenvalue weighted by atomic mass is 9.76. The summed E-state index contributed by atoms with van der Waals surface area (Å²) in [4.78, 5) is 27.2. The largest absolute Gasteiger partial charge is 0.357 e. The van der Waals surface area contributed by atoms with Crippen molar-refractivity contribution in [3.05, 3.63) is 41.4 Å². The zero-order valence-corrected chi connectivity index (χ0v) is 13.3. The third kappa shape index (κ3) is 1.71. The fraction of sp³-hybridized carbons (Fsp3) is 0.412. The fourth-order valence-corrected chi connectivity index (χ4v) is 4.30. The monoisotopic (exact) mass is 347 g/mol. The Morgan fingerprint density at radius 1 is 1.08 bits per heavy atom. The first-order valence-electron chi connectivity index (χ1n) is 7.85. The third-order valence-electron chi connectivity index (χ3n) is 5.15. The van der Waals surface area contributed by atoms with Gasteiger partial charge in [-0.15, -0.1) is 0 Å². The van der Waals surface area contributed by atoms with Gasteiger partial charge in [-0.1, -0.05) is 17.7 Å². The number of carbonyl (C=O) groups excluding carboxylic acids is 2. The fourth-order valence-electron chi connectivity index (χ4n) is 4.17. The van der Waals surface area contributed by atoms with Crippen LogP contribution in [0.3, 0.4) is 0 Å². The Labute approximate surface area is 142 Å². The maximum absolute atomic E-state index is 13.1. The minimum absolute atomic E-state index is 0.249. The first-order valence-corrected chi connectivity index (χ1v) is 8.23. The number of fused-ring (bicyclic) bond motifs is 5. The highest BCUT2D eigenvalue weighted by Crippen LogP contribution is 2.55. The maximum Gasteiger partial charge on any atom is 0.241 e. The lowest BCUT2D eigenvalue weighted by Gasteiger charge is -2.32. The number of carbonyl (C=O) groups is 2. The Morgan fingerprint density at radius 3 is 2.50 bits per heavy atom. The van der Waals surface area contributed by atoms with Crippen LogP contribution in [-0.2, 0) is 23.8 Å². The Kier molecular flexibility index (Phi) is 2.98. The summed E-state index contributed by atoms with van der Waals surface area (Å²) in [5.41, 5.74) is -0.494. The summed E-state index contributed by atoms with van der Waals surface area (Å²) in [6.07, 6.45) is 2.58. The van der Waals surface area contributed by atoms with Gasteiger partial charge in [0.05, 0.1) is 36.8 Å². The molecule has 0 aliphatic carbocycles. The first kappa shape index (κ1) is 14.6. The Morgan fingerprint density at radius 2 is 1.79 bits per heavy atom. The summed E-state index contributed by atoms with van der Waals surface area (Å²) in [6, 6.07) is 6.66. The number of halogens is 1. The highest BCUT2D eigenvalue weighted by molar-refractivity contribution is 6.31. The summed E-state index contributed by atoms with van der Waals surface area (Å²) in [5.74, 6) is -1.69. The number of imide groups is 1. The second-order valence-electron chi connectivity index (χ2n) is 6.36. The molecule has 4 aliphatic heterocycles. The van der Waals surface area contributed by atoms with E-state index in [0.717, 1.165) is 0 Å². The summed E-state index contributed by atoms with van der Waals surface area (Å²) < 4.78 is 17.2. The van der Waals surface area contributed by atoms with Crippen LogP contribution in [0.25, 0.3) is 0 Å². The van der Waals surface area contributed by atoms with Crippen LogP contribution in [0.15, 0.2) is 36.4 Å². The molecule has 7 heteroatoms. The highest BCUT2D eigenvalue weighted by Gasteiger charge is 2.71. The van der Waals surface area contributed by atoms with Crippen molar-refractivity contribution in [3.8, 4) is 0 Å². The average Bonchev–Trinajstić information content (AvgIpc) is 3.33. The Hall–Kier alpha value is -1.73. The third-order valence-corrected chi connectivity index (χ3v) is 5.40. The molecule has 3 saturated heterocycles. The van der Waals surface area contributed by atoms with E-state index in [1.807, 2.05) is 12.2 Å². The van der Waals surface area contributed by atoms with Crippen LogP contribution in [-0.4, -0.2) is 43.0 Å². The van der Waals surface area contributed by atoms with E-state index < -0.39 is 29.8 Å². The van der Waals surface area contributed by atoms with Gasteiger partial charge in [-0.3, -0.25) is 9.59 Å². The van der Waals surface area contributed by atoms with Gasteiger partial charge in [-0.05, 0) is 30.3 Å². The van der Waals surface area contributed by atoms with E-state index in [1.54, 1.807) is 24.3 Å². The Balaban J connectivity index is 1.56. The van der Waals surface area contributed by atoms with E-state index in [1.165, 1.54) is 4.90 Å². The molecule has 124 valence electrons. The van der Waals surface area contributed by atoms with Crippen molar-refractivity contribution in [2.45, 2.75) is 18.0 Å². The van der Waals surface area contributed by atoms with Crippen molar-refractivity contribution in [1.29, 1.82) is 0 Å². The quantitative estimate of drug-likeness (QED) is 0.599. The van der Waals surface area contributed by atoms with Crippen molar-refractivity contribution in [3.63, 3.8) is 0 Å². The van der Waals surface area contributed by atoms with Gasteiger partial charge in [-0.2, -0.15) is 0 Å². The minimum atomic E-state index is -1.01. The molecule has 2 bridgehead atoms. The zero-order valence-electron chi connectivity index (χ0n) is 12.6. The maximum atomic E-state index is 13.1. The second kappa shape index (κ2) is 4.89. The highest BCUT2D eigenvalue weighted by atomic mass is 35.5. The lowest BCUT2D eigenvalue weighted by molar-refractivity contribution is -0.180. The summed E-state index contributed by atoms with van der Waals surface area (Å²) in [5, 5.41) is 0.548. The molecule has 0 spiro atoms. The number of hydrogen-bond donors (Lipinski definition) is 0. The molecule has 1 aromatic rings. The van der Waals surface area contributed by atoms with Gasteiger partial charge in [0.2, 0.25) is 11.8 Å². The molecule has 0 N–H and O–H groups in total. The summed E-state index contributed by atoms with van der Waals surface area (Å²) in [6.45, 7) is 0.906. The lowest BCUT2D eigenvalue weighted by Crippen LogP contribution is -2.49. The molecular formula is C17H14ClNO5. The number of nitrogens with zero attached hydrogens (tertiary/aromatic N) is 1. The topological polar surface area (TPSA) is 65.1 Å². The minimum Gasteiger partial charge on any atom is -0.357 e. The van der Waals surface area contributed by atoms with E-state index in [0.29, 0.717) is 23.9 Å². The molecule has 5 rings (SSSR count). The van der Waals surface area contributed by atoms with Gasteiger partial charge in [0.25, 0.3) is 0 Å². The van der Waals surface area contributed by atoms with Crippen LogP contribution in [0.4, 0.5) is 5.69 Å². The zero-order chi connectivity index (χ0) is 16.5. The van der Waals surface area contributed by atoms with Crippen molar-refractivity contribution in [2.75, 3.05) is 18.1 Å². The van der Waals surface area contributed by atoms with Crippen LogP contribution in [0.5, 0.6) is 0 Å². The molecule has 4 heterocycles. The number of rotatable bonds is 2. The molecule has 24 heavy (non-hydrogen) atoms. The Bertz CT molecular complexity index is 757. The van der Waals surface area contributed by atoms with E-state index in [2.05, 4.69) is 0 Å². The van der Waals surface area contributed by atoms with E-state index in [4.69, 9.17) is 25.8 Å². The molecule has 0 aromatic heterocycles. The van der Waals surface area contributed by atoms with Gasteiger partial charge >= 0.3 is 0 Å². The smallest absolute Gasteiger partial charge is 0.241 e. The normalized spacial score (nSPS) is 37.7. The van der Waals surface area contributed by atoms with Crippen molar-refractivity contribution < 1.29 is 23.8 Å². The van der Waals surface area contributed by atoms with Crippen molar-refractivity contribution in [1.82, 2.24) is 0 Å².